The third-order valence-corrected chi connectivity index (χ3v) is 36.9. The minimum absolute atomic E-state index is 0.562. The molecule has 0 aliphatic heterocycles. The summed E-state index contributed by atoms with van der Waals surface area (Å²) in [5.41, 5.74) is 0.562. The molecule has 0 radical (unpaired) electrons. The van der Waals surface area contributed by atoms with Crippen molar-refractivity contribution in [2.24, 2.45) is 52.8 Å². The van der Waals surface area contributed by atoms with Crippen molar-refractivity contribution in [3.8, 4) is 0 Å². The van der Waals surface area contributed by atoms with Gasteiger partial charge in [-0.15, -0.1) is 0 Å². The number of nitrogens with zero attached hydrogens (tertiary/aromatic N) is 4. The van der Waals surface area contributed by atoms with Crippen LogP contribution in [0.25, 0.3) is 0 Å². The van der Waals surface area contributed by atoms with Gasteiger partial charge in [-0.2, -0.15) is 0 Å². The van der Waals surface area contributed by atoms with E-state index in [-0.39, 0.29) is 0 Å². The van der Waals surface area contributed by atoms with E-state index in [0.29, 0.717) is 5.41 Å². The van der Waals surface area contributed by atoms with Gasteiger partial charge in [0.25, 0.3) is 0 Å². The Morgan fingerprint density at radius 2 is 0.202 bits per heavy atom. The number of rotatable bonds is 12. The predicted octanol–water partition coefficient (Wildman–Crippen LogP) is 31.5. The Bertz CT molecular complexity index is 2130. The van der Waals surface area contributed by atoms with Gasteiger partial charge in [0.05, 0.1) is 0 Å². The van der Waals surface area contributed by atoms with Gasteiger partial charge in [-0.25, -0.2) is 0 Å². The Morgan fingerprint density at radius 1 is 0.101 bits per heavy atom. The molecule has 0 aromatic carbocycles. The van der Waals surface area contributed by atoms with Gasteiger partial charge in [0.1, 0.15) is 0 Å². The fourth-order valence-electron chi connectivity index (χ4n) is 32.4. The highest BCUT2D eigenvalue weighted by Crippen LogP contribution is 2.76. The Morgan fingerprint density at radius 3 is 0.330 bits per heavy atom. The number of hydrogen-bond acceptors (Lipinski definition) is 4. The maximum absolute atomic E-state index is 3.52. The summed E-state index contributed by atoms with van der Waals surface area (Å²) in [5, 5.41) is 0. The summed E-state index contributed by atoms with van der Waals surface area (Å²) in [4.78, 5) is 14.0. The number of fused-ring (bicyclic) bond motifs is 10. The lowest BCUT2D eigenvalue weighted by atomic mass is 9.55. The van der Waals surface area contributed by atoms with E-state index in [9.17, 15) is 0 Å². The fourth-order valence-corrected chi connectivity index (χ4v) is 32.4. The van der Waals surface area contributed by atoms with Crippen molar-refractivity contribution in [1.82, 2.24) is 19.6 Å². The minimum Gasteiger partial charge on any atom is -0.294 e. The second-order valence-corrected chi connectivity index (χ2v) is 43.3. The van der Waals surface area contributed by atoms with Crippen molar-refractivity contribution in [2.45, 2.75) is 612 Å². The lowest BCUT2D eigenvalue weighted by Gasteiger charge is -2.50. The van der Waals surface area contributed by atoms with Crippen molar-refractivity contribution in [3.63, 3.8) is 0 Å². The maximum Gasteiger partial charge on any atom is 0.0101 e. The van der Waals surface area contributed by atoms with Crippen LogP contribution in [0.3, 0.4) is 0 Å². The third kappa shape index (κ3) is 23.3. The molecule has 12 unspecified atom stereocenters. The van der Waals surface area contributed by atoms with E-state index in [1.807, 2.05) is 0 Å². The summed E-state index contributed by atoms with van der Waals surface area (Å²) in [7, 11) is 0. The summed E-state index contributed by atoms with van der Waals surface area (Å²) in [5.74, 6) is 7.95. The molecule has 1 spiro atoms. The summed E-state index contributed by atoms with van der Waals surface area (Å²) in [6.07, 6.45) is 129. The molecule has 12 atom stereocenters. The molecule has 0 bridgehead atoms. The monoisotopic (exact) mass is 1510 g/mol. The van der Waals surface area contributed by atoms with Crippen molar-refractivity contribution in [3.05, 3.63) is 0 Å². The van der Waals surface area contributed by atoms with Gasteiger partial charge in [0.2, 0.25) is 0 Å². The molecule has 0 heterocycles. The van der Waals surface area contributed by atoms with Gasteiger partial charge in [0.15, 0.2) is 0 Å². The Labute approximate surface area is 680 Å². The van der Waals surface area contributed by atoms with E-state index in [1.165, 1.54) is 385 Å². The van der Waals surface area contributed by atoms with Crippen molar-refractivity contribution >= 4 is 0 Å². The Balaban J connectivity index is 0.852. The smallest absolute Gasteiger partial charge is 0.0101 e. The van der Waals surface area contributed by atoms with E-state index < -0.39 is 0 Å². The maximum atomic E-state index is 3.52. The van der Waals surface area contributed by atoms with Crippen LogP contribution in [0.4, 0.5) is 0 Å². The van der Waals surface area contributed by atoms with Gasteiger partial charge in [-0.3, -0.25) is 19.6 Å². The first-order chi connectivity index (χ1) is 54.2. The van der Waals surface area contributed by atoms with Gasteiger partial charge < -0.3 is 0 Å². The molecule has 14 fully saturated rings. The zero-order valence-electron chi connectivity index (χ0n) is 73.2. The van der Waals surface area contributed by atoms with Crippen LogP contribution in [0.15, 0.2) is 0 Å². The largest absolute Gasteiger partial charge is 0.294 e. The quantitative estimate of drug-likeness (QED) is 0.193. The molecule has 14 aliphatic rings. The molecule has 14 aliphatic carbocycles. The zero-order chi connectivity index (χ0) is 73.8. The van der Waals surface area contributed by atoms with Crippen LogP contribution in [-0.2, 0) is 0 Å². The summed E-state index contributed by atoms with van der Waals surface area (Å²) in [6.45, 7) is 0. The van der Waals surface area contributed by atoms with E-state index in [0.717, 1.165) is 120 Å². The first-order valence-corrected chi connectivity index (χ1v) is 53.3. The van der Waals surface area contributed by atoms with Crippen LogP contribution in [-0.4, -0.2) is 92.1 Å². The van der Waals surface area contributed by atoms with Gasteiger partial charge >= 0.3 is 0 Å². The average molecular weight is 1510 g/mol. The molecular formula is C105H188N4. The lowest BCUT2D eigenvalue weighted by molar-refractivity contribution is -0.0236. The van der Waals surface area contributed by atoms with Crippen LogP contribution >= 0.6 is 0 Å². The molecule has 628 valence electrons. The lowest BCUT2D eigenvalue weighted by Crippen LogP contribution is -2.50. The molecule has 0 N–H and O–H groups in total. The minimum atomic E-state index is 0.562. The molecular weight excluding hydrogens is 1320 g/mol. The zero-order valence-corrected chi connectivity index (χ0v) is 73.2. The van der Waals surface area contributed by atoms with Crippen molar-refractivity contribution in [2.75, 3.05) is 0 Å². The molecule has 4 heteroatoms. The highest BCUT2D eigenvalue weighted by Gasteiger charge is 2.70. The molecule has 14 rings (SSSR count). The highest BCUT2D eigenvalue weighted by atomic mass is 15.2. The third-order valence-electron chi connectivity index (χ3n) is 36.9. The van der Waals surface area contributed by atoms with E-state index in [2.05, 4.69) is 19.6 Å². The summed E-state index contributed by atoms with van der Waals surface area (Å²) >= 11 is 0. The molecule has 4 nitrogen and oxygen atoms in total. The first-order valence-electron chi connectivity index (χ1n) is 53.3. The number of hydrogen-bond donors (Lipinski definition) is 0. The van der Waals surface area contributed by atoms with Crippen LogP contribution in [0, 0.1) is 52.8 Å². The van der Waals surface area contributed by atoms with Crippen LogP contribution in [0.5, 0.6) is 0 Å². The molecule has 0 aromatic rings. The van der Waals surface area contributed by atoms with Crippen molar-refractivity contribution in [1.29, 1.82) is 0 Å². The molecule has 14 saturated carbocycles. The fraction of sp³-hybridized carbons (Fsp3) is 1.00. The molecule has 0 saturated heterocycles. The van der Waals surface area contributed by atoms with E-state index in [1.54, 1.807) is 154 Å². The normalized spacial score (nSPS) is 37.1. The van der Waals surface area contributed by atoms with Crippen LogP contribution in [0.2, 0.25) is 0 Å². The summed E-state index contributed by atoms with van der Waals surface area (Å²) in [6, 6.07) is 10.3. The van der Waals surface area contributed by atoms with E-state index >= 15 is 0 Å². The Hall–Kier alpha value is -0.160. The van der Waals surface area contributed by atoms with Crippen LogP contribution < -0.4 is 0 Å². The van der Waals surface area contributed by atoms with Crippen molar-refractivity contribution < 1.29 is 0 Å². The topological polar surface area (TPSA) is 13.0 Å². The average Bonchev–Trinajstić information content (AvgIpc) is 1.52. The van der Waals surface area contributed by atoms with Gasteiger partial charge in [0, 0.05) is 72.5 Å². The molecule has 109 heavy (non-hydrogen) atoms. The Kier molecular flexibility index (Phi) is 36.8. The second-order valence-electron chi connectivity index (χ2n) is 43.3. The summed E-state index contributed by atoms with van der Waals surface area (Å²) < 4.78 is 0. The predicted molar refractivity (Wildman–Crippen MR) is 471 cm³/mol. The van der Waals surface area contributed by atoms with Crippen LogP contribution in [0.1, 0.15) is 539 Å². The molecule has 0 aromatic heterocycles. The van der Waals surface area contributed by atoms with Gasteiger partial charge in [-0.05, 0) is 258 Å². The van der Waals surface area contributed by atoms with Gasteiger partial charge in [-0.1, -0.05) is 334 Å². The van der Waals surface area contributed by atoms with E-state index in [4.69, 9.17) is 0 Å². The molecule has 0 amide bonds. The SMILES string of the molecule is C1CCCCC(N(C2CCCCCCC2)C2CCCC3C4CCCC(N(C5CCCCCCCCC5)C5CCCCCCC5)CCCC4C4(C3CCC2)C2CCCC(N(C3CCCCCCC3)C3CCCCCCC3)CCCC2C2CCCC(N(C3CCCCCCC3)C3CCCCCCC3)CCCC24)CCCC1. The standard InChI is InChI=1S/C105H188N4/c1-3-13-29-53-85(54-30-14-4-1)106(87-57-33-17-7-18-34-58-87)93-69-45-77-97-98-78-46-70-94(107(88-59-35-19-8-20-36-60-88)86-55-31-15-5-2-6-16-32-56-86)74-50-82-102(98)105(101(97)81-49-73-93)103-83-51-75-95(108(89-61-37-21-9-22-38-62-89)90-63-39-23-10-24-40-64-90)71-47-79-99(103)100-80-48-72-96(76-52-84-104(100)105)109(91-65-41-25-11-26-42-66-91)92-67-43-27-12-28-44-68-92/h85-104H,1-84H2. The second kappa shape index (κ2) is 47.0. The highest BCUT2D eigenvalue weighted by molar-refractivity contribution is 5.18. The first kappa shape index (κ1) is 85.3.